The van der Waals surface area contributed by atoms with Gasteiger partial charge in [-0.2, -0.15) is 4.98 Å². The van der Waals surface area contributed by atoms with Crippen molar-refractivity contribution in [3.63, 3.8) is 0 Å². The van der Waals surface area contributed by atoms with E-state index < -0.39 is 22.0 Å². The Kier molecular flexibility index (Phi) is 6.01. The molecule has 0 aliphatic carbocycles. The van der Waals surface area contributed by atoms with E-state index in [1.807, 2.05) is 17.5 Å². The Morgan fingerprint density at radius 1 is 1.36 bits per heavy atom. The van der Waals surface area contributed by atoms with Gasteiger partial charge in [0.05, 0.1) is 23.4 Å². The summed E-state index contributed by atoms with van der Waals surface area (Å²) in [6, 6.07) is 9.01. The SMILES string of the molecule is C[C@@H](C(=O)NCc1nc(-c2cccs2)no1)N(c1cccc(Cl)c1)S(C)(=O)=O. The van der Waals surface area contributed by atoms with E-state index in [-0.39, 0.29) is 12.4 Å². The van der Waals surface area contributed by atoms with Gasteiger partial charge in [-0.05, 0) is 36.6 Å². The number of sulfonamides is 1. The molecule has 0 spiro atoms. The summed E-state index contributed by atoms with van der Waals surface area (Å²) >= 11 is 7.43. The second-order valence-corrected chi connectivity index (χ2v) is 9.17. The van der Waals surface area contributed by atoms with Crippen LogP contribution in [0.25, 0.3) is 10.7 Å². The summed E-state index contributed by atoms with van der Waals surface area (Å²) in [5, 5.41) is 8.75. The van der Waals surface area contributed by atoms with Crippen LogP contribution in [0.4, 0.5) is 5.69 Å². The van der Waals surface area contributed by atoms with Gasteiger partial charge in [0.1, 0.15) is 6.04 Å². The number of carbonyl (C=O) groups is 1. The molecule has 0 aliphatic heterocycles. The molecule has 3 rings (SSSR count). The molecule has 148 valence electrons. The quantitative estimate of drug-likeness (QED) is 0.605. The van der Waals surface area contributed by atoms with Crippen molar-refractivity contribution in [2.24, 2.45) is 0 Å². The van der Waals surface area contributed by atoms with Gasteiger partial charge >= 0.3 is 0 Å². The van der Waals surface area contributed by atoms with Gasteiger partial charge in [0.25, 0.3) is 0 Å². The van der Waals surface area contributed by atoms with Crippen molar-refractivity contribution < 1.29 is 17.7 Å². The van der Waals surface area contributed by atoms with Crippen LogP contribution in [0.5, 0.6) is 0 Å². The number of anilines is 1. The van der Waals surface area contributed by atoms with Crippen LogP contribution in [0, 0.1) is 0 Å². The van der Waals surface area contributed by atoms with Crippen LogP contribution in [0.15, 0.2) is 46.3 Å². The second kappa shape index (κ2) is 8.29. The van der Waals surface area contributed by atoms with Crippen LogP contribution >= 0.6 is 22.9 Å². The van der Waals surface area contributed by atoms with Crippen molar-refractivity contribution >= 4 is 44.6 Å². The lowest BCUT2D eigenvalue weighted by Crippen LogP contribution is -2.47. The topological polar surface area (TPSA) is 105 Å². The van der Waals surface area contributed by atoms with Gasteiger partial charge in [-0.3, -0.25) is 9.10 Å². The monoisotopic (exact) mass is 440 g/mol. The average molecular weight is 441 g/mol. The van der Waals surface area contributed by atoms with Crippen molar-refractivity contribution in [1.29, 1.82) is 0 Å². The molecule has 8 nitrogen and oxygen atoms in total. The normalized spacial score (nSPS) is 12.5. The number of amides is 1. The average Bonchev–Trinajstić information content (AvgIpc) is 3.30. The first-order chi connectivity index (χ1) is 13.3. The number of carbonyl (C=O) groups excluding carboxylic acids is 1. The smallest absolute Gasteiger partial charge is 0.246 e. The fourth-order valence-electron chi connectivity index (χ4n) is 2.56. The molecule has 2 heterocycles. The number of hydrogen-bond donors (Lipinski definition) is 1. The third-order valence-corrected chi connectivity index (χ3v) is 6.12. The third kappa shape index (κ3) is 4.70. The molecule has 0 unspecified atom stereocenters. The third-order valence-electron chi connectivity index (χ3n) is 3.77. The van der Waals surface area contributed by atoms with Gasteiger partial charge in [0.2, 0.25) is 27.6 Å². The predicted octanol–water partition coefficient (Wildman–Crippen LogP) is 2.92. The van der Waals surface area contributed by atoms with Crippen LogP contribution in [0.3, 0.4) is 0 Å². The Bertz CT molecular complexity index is 1070. The van der Waals surface area contributed by atoms with Crippen molar-refractivity contribution in [2.75, 3.05) is 10.6 Å². The predicted molar refractivity (Wildman–Crippen MR) is 108 cm³/mol. The molecule has 1 atom stereocenters. The lowest BCUT2D eigenvalue weighted by atomic mass is 10.2. The minimum atomic E-state index is -3.72. The maximum absolute atomic E-state index is 12.6. The minimum Gasteiger partial charge on any atom is -0.345 e. The van der Waals surface area contributed by atoms with Gasteiger partial charge in [-0.25, -0.2) is 8.42 Å². The highest BCUT2D eigenvalue weighted by molar-refractivity contribution is 7.92. The number of rotatable bonds is 7. The van der Waals surface area contributed by atoms with Gasteiger partial charge in [-0.15, -0.1) is 11.3 Å². The first-order valence-electron chi connectivity index (χ1n) is 8.15. The molecule has 1 N–H and O–H groups in total. The molecule has 0 aliphatic rings. The molecule has 0 fully saturated rings. The van der Waals surface area contributed by atoms with E-state index in [0.29, 0.717) is 16.5 Å². The minimum absolute atomic E-state index is 0.0192. The number of thiophene rings is 1. The summed E-state index contributed by atoms with van der Waals surface area (Å²) in [7, 11) is -3.72. The molecule has 28 heavy (non-hydrogen) atoms. The van der Waals surface area contributed by atoms with E-state index in [0.717, 1.165) is 15.4 Å². The summed E-state index contributed by atoms with van der Waals surface area (Å²) in [6.07, 6.45) is 1.03. The Morgan fingerprint density at radius 3 is 2.79 bits per heavy atom. The maximum Gasteiger partial charge on any atom is 0.246 e. The molecular formula is C17H17ClN4O4S2. The highest BCUT2D eigenvalue weighted by atomic mass is 35.5. The van der Waals surface area contributed by atoms with E-state index in [4.69, 9.17) is 16.1 Å². The molecule has 1 amide bonds. The van der Waals surface area contributed by atoms with E-state index >= 15 is 0 Å². The molecule has 2 aromatic heterocycles. The zero-order valence-corrected chi connectivity index (χ0v) is 17.4. The summed E-state index contributed by atoms with van der Waals surface area (Å²) in [6.45, 7) is 1.47. The summed E-state index contributed by atoms with van der Waals surface area (Å²) in [5.74, 6) is 0.142. The van der Waals surface area contributed by atoms with Crippen LogP contribution in [-0.4, -0.2) is 36.8 Å². The molecule has 0 saturated heterocycles. The summed E-state index contributed by atoms with van der Waals surface area (Å²) in [5.41, 5.74) is 0.301. The van der Waals surface area contributed by atoms with Gasteiger partial charge < -0.3 is 9.84 Å². The lowest BCUT2D eigenvalue weighted by Gasteiger charge is -2.28. The zero-order chi connectivity index (χ0) is 20.3. The van der Waals surface area contributed by atoms with Crippen molar-refractivity contribution in [3.05, 3.63) is 52.7 Å². The molecule has 3 aromatic rings. The molecule has 11 heteroatoms. The number of halogens is 1. The molecule has 0 saturated carbocycles. The van der Waals surface area contributed by atoms with Crippen molar-refractivity contribution in [2.45, 2.75) is 19.5 Å². The second-order valence-electron chi connectivity index (χ2n) is 5.92. The van der Waals surface area contributed by atoms with E-state index in [1.165, 1.54) is 24.3 Å². The van der Waals surface area contributed by atoms with Gasteiger partial charge in [0.15, 0.2) is 0 Å². The Labute approximate surface area is 171 Å². The van der Waals surface area contributed by atoms with Crippen LogP contribution < -0.4 is 9.62 Å². The van der Waals surface area contributed by atoms with E-state index in [1.54, 1.807) is 18.2 Å². The Morgan fingerprint density at radius 2 is 2.14 bits per heavy atom. The largest absolute Gasteiger partial charge is 0.345 e. The van der Waals surface area contributed by atoms with Crippen LogP contribution in [-0.2, 0) is 21.4 Å². The fraction of sp³-hybridized carbons (Fsp3) is 0.235. The number of nitrogens with one attached hydrogen (secondary N) is 1. The molecule has 0 radical (unpaired) electrons. The first kappa shape index (κ1) is 20.3. The van der Waals surface area contributed by atoms with E-state index in [9.17, 15) is 13.2 Å². The van der Waals surface area contributed by atoms with Crippen LogP contribution in [0.1, 0.15) is 12.8 Å². The van der Waals surface area contributed by atoms with Crippen molar-refractivity contribution in [3.8, 4) is 10.7 Å². The van der Waals surface area contributed by atoms with Crippen LogP contribution in [0.2, 0.25) is 5.02 Å². The van der Waals surface area contributed by atoms with E-state index in [2.05, 4.69) is 15.5 Å². The number of nitrogens with zero attached hydrogens (tertiary/aromatic N) is 3. The number of benzene rings is 1. The standard InChI is InChI=1S/C17H17ClN4O4S2/c1-11(22(28(2,24)25)13-6-3-5-12(18)9-13)17(23)19-10-15-20-16(21-26-15)14-7-4-8-27-14/h3-9,11H,10H2,1-2H3,(H,19,23)/t11-/m0/s1. The molecule has 1 aromatic carbocycles. The Hall–Kier alpha value is -2.43. The Balaban J connectivity index is 1.71. The fourth-order valence-corrected chi connectivity index (χ4v) is 4.57. The van der Waals surface area contributed by atoms with Crippen molar-refractivity contribution in [1.82, 2.24) is 15.5 Å². The number of hydrogen-bond acceptors (Lipinski definition) is 7. The molecular weight excluding hydrogens is 424 g/mol. The maximum atomic E-state index is 12.6. The summed E-state index contributed by atoms with van der Waals surface area (Å²) in [4.78, 5) is 17.6. The van der Waals surface area contributed by atoms with Gasteiger partial charge in [-0.1, -0.05) is 28.9 Å². The zero-order valence-electron chi connectivity index (χ0n) is 15.0. The molecule has 0 bridgehead atoms. The summed E-state index contributed by atoms with van der Waals surface area (Å²) < 4.78 is 30.7. The lowest BCUT2D eigenvalue weighted by molar-refractivity contribution is -0.122. The number of aromatic nitrogens is 2. The highest BCUT2D eigenvalue weighted by Crippen LogP contribution is 2.24. The highest BCUT2D eigenvalue weighted by Gasteiger charge is 2.29. The van der Waals surface area contributed by atoms with Gasteiger partial charge in [0, 0.05) is 5.02 Å². The first-order valence-corrected chi connectivity index (χ1v) is 11.3.